The largest absolute Gasteiger partial charge is 0.494 e. The van der Waals surface area contributed by atoms with Crippen molar-refractivity contribution < 1.29 is 19.0 Å². The fraction of sp³-hybridized carbons (Fsp3) is 0.500. The molecule has 19 heavy (non-hydrogen) atoms. The number of benzene rings is 1. The van der Waals surface area contributed by atoms with Crippen molar-refractivity contribution in [2.24, 2.45) is 5.73 Å². The fourth-order valence-corrected chi connectivity index (χ4v) is 1.41. The van der Waals surface area contributed by atoms with Gasteiger partial charge in [-0.25, -0.2) is 4.79 Å². The lowest BCUT2D eigenvalue weighted by Crippen LogP contribution is -2.51. The highest BCUT2D eigenvalue weighted by atomic mass is 16.5. The smallest absolute Gasteiger partial charge is 0.329 e. The Morgan fingerprint density at radius 1 is 1.21 bits per heavy atom. The van der Waals surface area contributed by atoms with Gasteiger partial charge < -0.3 is 19.9 Å². The zero-order valence-corrected chi connectivity index (χ0v) is 11.6. The first-order chi connectivity index (χ1) is 8.99. The molecule has 0 spiro atoms. The Labute approximate surface area is 113 Å². The van der Waals surface area contributed by atoms with Gasteiger partial charge >= 0.3 is 5.97 Å². The third-order valence-electron chi connectivity index (χ3n) is 2.40. The number of hydrogen-bond donors (Lipinski definition) is 1. The molecule has 0 saturated carbocycles. The van der Waals surface area contributed by atoms with E-state index in [0.717, 1.165) is 5.75 Å². The summed E-state index contributed by atoms with van der Waals surface area (Å²) >= 11 is 0. The van der Waals surface area contributed by atoms with Crippen LogP contribution in [0.25, 0.3) is 0 Å². The van der Waals surface area contributed by atoms with Crippen LogP contribution in [-0.4, -0.2) is 31.3 Å². The molecule has 0 aliphatic heterocycles. The maximum Gasteiger partial charge on any atom is 0.329 e. The second kappa shape index (κ2) is 6.99. The lowest BCUT2D eigenvalue weighted by molar-refractivity contribution is -0.150. The van der Waals surface area contributed by atoms with Crippen LogP contribution in [0.5, 0.6) is 11.5 Å². The summed E-state index contributed by atoms with van der Waals surface area (Å²) in [7, 11) is 0. The van der Waals surface area contributed by atoms with Gasteiger partial charge in [0, 0.05) is 6.07 Å². The molecule has 0 bridgehead atoms. The van der Waals surface area contributed by atoms with Crippen molar-refractivity contribution in [3.8, 4) is 11.5 Å². The van der Waals surface area contributed by atoms with E-state index in [9.17, 15) is 4.79 Å². The predicted molar refractivity (Wildman–Crippen MR) is 72.3 cm³/mol. The van der Waals surface area contributed by atoms with Crippen molar-refractivity contribution >= 4 is 5.97 Å². The maximum absolute atomic E-state index is 11.6. The molecule has 0 aliphatic carbocycles. The minimum absolute atomic E-state index is 0.0431. The molecule has 0 aliphatic rings. The number of carbonyl (C=O) groups is 1. The highest BCUT2D eigenvalue weighted by Crippen LogP contribution is 2.20. The first-order valence-corrected chi connectivity index (χ1v) is 6.31. The molecule has 0 fully saturated rings. The minimum atomic E-state index is -1.17. The fourth-order valence-electron chi connectivity index (χ4n) is 1.41. The van der Waals surface area contributed by atoms with Crippen molar-refractivity contribution in [1.29, 1.82) is 0 Å². The quantitative estimate of drug-likeness (QED) is 0.762. The summed E-state index contributed by atoms with van der Waals surface area (Å²) in [6.45, 7) is 6.15. The number of esters is 1. The van der Waals surface area contributed by atoms with Crippen LogP contribution >= 0.6 is 0 Å². The Hall–Kier alpha value is -1.75. The maximum atomic E-state index is 11.6. The summed E-state index contributed by atoms with van der Waals surface area (Å²) in [6, 6.07) is 7.19. The molecule has 2 N–H and O–H groups in total. The molecule has 0 radical (unpaired) electrons. The molecule has 0 saturated heterocycles. The van der Waals surface area contributed by atoms with Crippen LogP contribution < -0.4 is 15.2 Å². The van der Waals surface area contributed by atoms with E-state index in [0.29, 0.717) is 19.0 Å². The number of nitrogens with two attached hydrogens (primary N) is 1. The van der Waals surface area contributed by atoms with Crippen molar-refractivity contribution in [3.05, 3.63) is 24.3 Å². The summed E-state index contributed by atoms with van der Waals surface area (Å²) < 4.78 is 15.8. The minimum Gasteiger partial charge on any atom is -0.494 e. The first kappa shape index (κ1) is 15.3. The lowest BCUT2D eigenvalue weighted by atomic mass is 10.1. The molecule has 5 nitrogen and oxygen atoms in total. The molecule has 106 valence electrons. The molecule has 1 atom stereocenters. The highest BCUT2D eigenvalue weighted by Gasteiger charge is 2.31. The van der Waals surface area contributed by atoms with Gasteiger partial charge in [0.15, 0.2) is 0 Å². The normalized spacial score (nSPS) is 13.5. The zero-order chi connectivity index (χ0) is 14.3. The molecular formula is C14H21NO4. The average Bonchev–Trinajstić information content (AvgIpc) is 2.38. The number of ether oxygens (including phenoxy) is 3. The molecule has 1 unspecified atom stereocenters. The zero-order valence-electron chi connectivity index (χ0n) is 11.6. The molecule has 1 aromatic rings. The van der Waals surface area contributed by atoms with Crippen LogP contribution in [-0.2, 0) is 9.53 Å². The molecule has 5 heteroatoms. The van der Waals surface area contributed by atoms with Crippen LogP contribution in [0.3, 0.4) is 0 Å². The molecular weight excluding hydrogens is 246 g/mol. The summed E-state index contributed by atoms with van der Waals surface area (Å²) in [6.07, 6.45) is 0. The van der Waals surface area contributed by atoms with Gasteiger partial charge in [-0.15, -0.1) is 0 Å². The number of rotatable bonds is 7. The van der Waals surface area contributed by atoms with Crippen LogP contribution in [0.15, 0.2) is 24.3 Å². The van der Waals surface area contributed by atoms with Crippen LogP contribution in [0.1, 0.15) is 20.8 Å². The van der Waals surface area contributed by atoms with Crippen molar-refractivity contribution in [2.45, 2.75) is 26.3 Å². The van der Waals surface area contributed by atoms with Gasteiger partial charge in [0.25, 0.3) is 0 Å². The SMILES string of the molecule is CCOC(=O)C(C)(N)COc1cccc(OCC)c1. The van der Waals surface area contributed by atoms with Gasteiger partial charge in [-0.05, 0) is 32.9 Å². The Morgan fingerprint density at radius 2 is 1.84 bits per heavy atom. The Bertz CT molecular complexity index is 418. The summed E-state index contributed by atoms with van der Waals surface area (Å²) in [5.74, 6) is 0.845. The van der Waals surface area contributed by atoms with E-state index in [1.54, 1.807) is 26.0 Å². The second-order valence-electron chi connectivity index (χ2n) is 4.33. The monoisotopic (exact) mass is 267 g/mol. The van der Waals surface area contributed by atoms with E-state index in [2.05, 4.69) is 0 Å². The molecule has 0 amide bonds. The summed E-state index contributed by atoms with van der Waals surface area (Å²) in [5, 5.41) is 0. The first-order valence-electron chi connectivity index (χ1n) is 6.31. The van der Waals surface area contributed by atoms with E-state index >= 15 is 0 Å². The topological polar surface area (TPSA) is 70.8 Å². The van der Waals surface area contributed by atoms with Crippen molar-refractivity contribution in [3.63, 3.8) is 0 Å². The molecule has 1 rings (SSSR count). The molecule has 0 aromatic heterocycles. The second-order valence-corrected chi connectivity index (χ2v) is 4.33. The predicted octanol–water partition coefficient (Wildman–Crippen LogP) is 1.74. The van der Waals surface area contributed by atoms with Gasteiger partial charge in [-0.2, -0.15) is 0 Å². The van der Waals surface area contributed by atoms with Gasteiger partial charge in [0.1, 0.15) is 23.6 Å². The van der Waals surface area contributed by atoms with Crippen LogP contribution in [0.2, 0.25) is 0 Å². The van der Waals surface area contributed by atoms with E-state index in [1.807, 2.05) is 19.1 Å². The van der Waals surface area contributed by atoms with E-state index in [1.165, 1.54) is 0 Å². The van der Waals surface area contributed by atoms with Gasteiger partial charge in [0.2, 0.25) is 0 Å². The van der Waals surface area contributed by atoms with E-state index in [4.69, 9.17) is 19.9 Å². The third-order valence-corrected chi connectivity index (χ3v) is 2.40. The summed E-state index contributed by atoms with van der Waals surface area (Å²) in [4.78, 5) is 11.6. The number of hydrogen-bond acceptors (Lipinski definition) is 5. The standard InChI is InChI=1S/C14H21NO4/c1-4-17-11-7-6-8-12(9-11)19-10-14(3,15)13(16)18-5-2/h6-9H,4-5,10,15H2,1-3H3. The van der Waals surface area contributed by atoms with Crippen LogP contribution in [0.4, 0.5) is 0 Å². The summed E-state index contributed by atoms with van der Waals surface area (Å²) in [5.41, 5.74) is 4.69. The van der Waals surface area contributed by atoms with Crippen LogP contribution in [0, 0.1) is 0 Å². The molecule has 0 heterocycles. The Kier molecular flexibility index (Phi) is 5.63. The van der Waals surface area contributed by atoms with Gasteiger partial charge in [0.05, 0.1) is 13.2 Å². The Balaban J connectivity index is 2.60. The van der Waals surface area contributed by atoms with Crippen molar-refractivity contribution in [1.82, 2.24) is 0 Å². The van der Waals surface area contributed by atoms with Crippen molar-refractivity contribution in [2.75, 3.05) is 19.8 Å². The lowest BCUT2D eigenvalue weighted by Gasteiger charge is -2.22. The highest BCUT2D eigenvalue weighted by molar-refractivity contribution is 5.80. The third kappa shape index (κ3) is 4.79. The Morgan fingerprint density at radius 3 is 2.42 bits per heavy atom. The van der Waals surface area contributed by atoms with Gasteiger partial charge in [-0.1, -0.05) is 6.07 Å². The average molecular weight is 267 g/mol. The van der Waals surface area contributed by atoms with E-state index < -0.39 is 11.5 Å². The van der Waals surface area contributed by atoms with E-state index in [-0.39, 0.29) is 6.61 Å². The number of carbonyl (C=O) groups excluding carboxylic acids is 1. The van der Waals surface area contributed by atoms with Gasteiger partial charge in [-0.3, -0.25) is 0 Å². The molecule has 1 aromatic carbocycles.